The van der Waals surface area contributed by atoms with E-state index >= 15 is 8.78 Å². The van der Waals surface area contributed by atoms with Crippen molar-refractivity contribution in [3.05, 3.63) is 57.2 Å². The van der Waals surface area contributed by atoms with E-state index in [4.69, 9.17) is 23.2 Å². The molecule has 3 fully saturated rings. The standard InChI is InChI=1S/C31H40Cl2F2N4O2/c1-31(2,3)16-21-23-20-15-19(33)27(35)24(23)25(29(40)38-20)22(17-9-8-10-18(32)26(17)34)28(37-21)30(41)36-11-4-5-12-39-13-6-7-14-39/h8-10,15,21-25,28,37H,4-7,11-14,16H2,1-3H3,(H,36,41)(H,38,40)/t21-,22-,23?,24?,25+,28-/m1/s1. The van der Waals surface area contributed by atoms with E-state index in [9.17, 15) is 9.59 Å². The zero-order valence-electron chi connectivity index (χ0n) is 23.9. The summed E-state index contributed by atoms with van der Waals surface area (Å²) in [5.41, 5.74) is 0.444. The van der Waals surface area contributed by atoms with Crippen molar-refractivity contribution in [3.8, 4) is 0 Å². The minimum Gasteiger partial charge on any atom is -0.355 e. The Morgan fingerprint density at radius 2 is 1.80 bits per heavy atom. The monoisotopic (exact) mass is 608 g/mol. The van der Waals surface area contributed by atoms with Crippen molar-refractivity contribution < 1.29 is 18.4 Å². The number of rotatable bonds is 8. The summed E-state index contributed by atoms with van der Waals surface area (Å²) in [4.78, 5) is 30.1. The number of piperidine rings is 1. The van der Waals surface area contributed by atoms with E-state index in [1.54, 1.807) is 6.07 Å². The molecule has 6 nitrogen and oxygen atoms in total. The van der Waals surface area contributed by atoms with E-state index < -0.39 is 47.3 Å². The molecule has 3 heterocycles. The van der Waals surface area contributed by atoms with Gasteiger partial charge in [0, 0.05) is 36.0 Å². The number of amides is 2. The van der Waals surface area contributed by atoms with Crippen LogP contribution in [0.2, 0.25) is 5.02 Å². The van der Waals surface area contributed by atoms with E-state index in [1.807, 2.05) is 0 Å². The van der Waals surface area contributed by atoms with Crippen molar-refractivity contribution >= 4 is 35.0 Å². The molecule has 41 heavy (non-hydrogen) atoms. The number of nitrogens with one attached hydrogen (secondary N) is 3. The summed E-state index contributed by atoms with van der Waals surface area (Å²) in [7, 11) is 0. The lowest BCUT2D eigenvalue weighted by atomic mass is 9.64. The maximum Gasteiger partial charge on any atom is 0.237 e. The summed E-state index contributed by atoms with van der Waals surface area (Å²) >= 11 is 12.5. The molecule has 1 aliphatic carbocycles. The maximum atomic E-state index is 16.0. The van der Waals surface area contributed by atoms with Crippen LogP contribution >= 0.6 is 23.2 Å². The highest BCUT2D eigenvalue weighted by atomic mass is 35.5. The number of hydrogen-bond acceptors (Lipinski definition) is 4. The Kier molecular flexibility index (Phi) is 9.15. The van der Waals surface area contributed by atoms with Crippen LogP contribution in [0.15, 0.2) is 40.8 Å². The van der Waals surface area contributed by atoms with Gasteiger partial charge in [-0.05, 0) is 74.9 Å². The molecule has 224 valence electrons. The highest BCUT2D eigenvalue weighted by Gasteiger charge is 2.58. The predicted octanol–water partition coefficient (Wildman–Crippen LogP) is 5.63. The van der Waals surface area contributed by atoms with E-state index in [0.717, 1.165) is 32.5 Å². The van der Waals surface area contributed by atoms with E-state index in [1.165, 1.54) is 31.1 Å². The summed E-state index contributed by atoms with van der Waals surface area (Å²) < 4.78 is 31.7. The van der Waals surface area contributed by atoms with Gasteiger partial charge in [-0.3, -0.25) is 9.59 Å². The van der Waals surface area contributed by atoms with Gasteiger partial charge < -0.3 is 20.9 Å². The number of allylic oxidation sites excluding steroid dienone is 3. The average molecular weight is 610 g/mol. The lowest BCUT2D eigenvalue weighted by molar-refractivity contribution is -0.130. The van der Waals surface area contributed by atoms with E-state index in [2.05, 4.69) is 41.6 Å². The molecule has 0 radical (unpaired) electrons. The summed E-state index contributed by atoms with van der Waals surface area (Å²) in [6.07, 6.45) is 6.27. The molecular weight excluding hydrogens is 569 g/mol. The molecule has 0 saturated carbocycles. The number of unbranched alkanes of at least 4 members (excludes halogenated alkanes) is 1. The maximum absolute atomic E-state index is 16.0. The Morgan fingerprint density at radius 1 is 1.07 bits per heavy atom. The molecule has 10 heteroatoms. The molecule has 4 bridgehead atoms. The van der Waals surface area contributed by atoms with Crippen LogP contribution in [0.3, 0.4) is 0 Å². The molecule has 3 N–H and O–H groups in total. The third kappa shape index (κ3) is 6.36. The van der Waals surface area contributed by atoms with Crippen molar-refractivity contribution in [2.24, 2.45) is 23.2 Å². The summed E-state index contributed by atoms with van der Waals surface area (Å²) in [5, 5.41) is 9.30. The van der Waals surface area contributed by atoms with Crippen LogP contribution in [0.25, 0.3) is 0 Å². The number of likely N-dealkylation sites (tertiary alicyclic amines) is 1. The fourth-order valence-electron chi connectivity index (χ4n) is 7.22. The Balaban J connectivity index is 1.51. The molecule has 3 aliphatic heterocycles. The first-order valence-corrected chi connectivity index (χ1v) is 15.5. The number of halogens is 4. The van der Waals surface area contributed by atoms with Crippen molar-refractivity contribution in [2.75, 3.05) is 26.2 Å². The fourth-order valence-corrected chi connectivity index (χ4v) is 7.65. The van der Waals surface area contributed by atoms with Gasteiger partial charge in [0.05, 0.1) is 22.0 Å². The highest BCUT2D eigenvalue weighted by Crippen LogP contribution is 2.53. The number of hydrogen-bond donors (Lipinski definition) is 3. The summed E-state index contributed by atoms with van der Waals surface area (Å²) in [6.45, 7) is 9.92. The van der Waals surface area contributed by atoms with Crippen LogP contribution in [0.1, 0.15) is 64.4 Å². The van der Waals surface area contributed by atoms with E-state index in [-0.39, 0.29) is 33.0 Å². The van der Waals surface area contributed by atoms with Gasteiger partial charge in [-0.2, -0.15) is 0 Å². The number of carbonyl (C=O) groups excluding carboxylic acids is 2. The Labute approximate surface area is 251 Å². The number of nitrogens with zero attached hydrogens (tertiary/aromatic N) is 1. The first kappa shape index (κ1) is 30.5. The first-order chi connectivity index (χ1) is 19.5. The first-order valence-electron chi connectivity index (χ1n) is 14.7. The van der Waals surface area contributed by atoms with Gasteiger partial charge in [0.25, 0.3) is 0 Å². The Hall–Kier alpha value is -2.00. The molecular formula is C31H40Cl2F2N4O2. The zero-order chi connectivity index (χ0) is 29.5. The van der Waals surface area contributed by atoms with Crippen LogP contribution < -0.4 is 16.0 Å². The molecule has 0 aromatic heterocycles. The van der Waals surface area contributed by atoms with Gasteiger partial charge in [-0.1, -0.05) is 56.1 Å². The number of benzene rings is 1. The quantitative estimate of drug-likeness (QED) is 0.335. The van der Waals surface area contributed by atoms with Crippen molar-refractivity contribution in [3.63, 3.8) is 0 Å². The molecule has 1 aromatic carbocycles. The van der Waals surface area contributed by atoms with Crippen molar-refractivity contribution in [1.29, 1.82) is 0 Å². The van der Waals surface area contributed by atoms with Crippen LogP contribution in [0.5, 0.6) is 0 Å². The highest BCUT2D eigenvalue weighted by molar-refractivity contribution is 6.31. The van der Waals surface area contributed by atoms with Gasteiger partial charge in [-0.25, -0.2) is 8.78 Å². The van der Waals surface area contributed by atoms with E-state index in [0.29, 0.717) is 18.7 Å². The van der Waals surface area contributed by atoms with Crippen LogP contribution in [0.4, 0.5) is 8.78 Å². The lowest BCUT2D eigenvalue weighted by Gasteiger charge is -2.44. The van der Waals surface area contributed by atoms with Crippen LogP contribution in [-0.2, 0) is 9.59 Å². The second-order valence-electron chi connectivity index (χ2n) is 13.1. The SMILES string of the molecule is CC(C)(C)C[C@H]1N[C@@H](C(=O)NCCCCN2CCCC2)[C@H](c2cccc(Cl)c2F)[C@@H]2C(=O)NC3=CC(Cl)=C(F)C2C31. The van der Waals surface area contributed by atoms with Crippen molar-refractivity contribution in [1.82, 2.24) is 20.9 Å². The second-order valence-corrected chi connectivity index (χ2v) is 13.9. The van der Waals surface area contributed by atoms with Gasteiger partial charge in [0.15, 0.2) is 0 Å². The molecule has 0 spiro atoms. The minimum absolute atomic E-state index is 0.0769. The minimum atomic E-state index is -1.08. The van der Waals surface area contributed by atoms with Crippen molar-refractivity contribution in [2.45, 2.75) is 70.9 Å². The molecule has 3 saturated heterocycles. The predicted molar refractivity (Wildman–Crippen MR) is 158 cm³/mol. The third-order valence-electron chi connectivity index (χ3n) is 8.93. The van der Waals surface area contributed by atoms with Crippen LogP contribution in [0, 0.1) is 29.0 Å². The summed E-state index contributed by atoms with van der Waals surface area (Å²) in [5.74, 6) is -5.64. The van der Waals surface area contributed by atoms with Gasteiger partial charge in [0.1, 0.15) is 11.6 Å². The molecule has 1 aromatic rings. The normalized spacial score (nSPS) is 30.1. The lowest BCUT2D eigenvalue weighted by Crippen LogP contribution is -2.53. The largest absolute Gasteiger partial charge is 0.355 e. The Morgan fingerprint density at radius 3 is 2.51 bits per heavy atom. The second kappa shape index (κ2) is 12.3. The topological polar surface area (TPSA) is 73.5 Å². The molecule has 6 atom stereocenters. The molecule has 4 aliphatic rings. The van der Waals surface area contributed by atoms with Gasteiger partial charge >= 0.3 is 0 Å². The zero-order valence-corrected chi connectivity index (χ0v) is 25.4. The Bertz CT molecular complexity index is 1240. The smallest absolute Gasteiger partial charge is 0.237 e. The van der Waals surface area contributed by atoms with Gasteiger partial charge in [0.2, 0.25) is 11.8 Å². The molecule has 5 rings (SSSR count). The number of carbonyl (C=O) groups is 2. The average Bonchev–Trinajstić information content (AvgIpc) is 3.38. The van der Waals surface area contributed by atoms with Gasteiger partial charge in [-0.15, -0.1) is 0 Å². The third-order valence-corrected chi connectivity index (χ3v) is 9.52. The molecule has 2 unspecified atom stereocenters. The van der Waals surface area contributed by atoms with Crippen LogP contribution in [-0.4, -0.2) is 55.0 Å². The summed E-state index contributed by atoms with van der Waals surface area (Å²) in [6, 6.07) is 3.16. The molecule has 2 amide bonds. The fraction of sp³-hybridized carbons (Fsp3) is 0.613.